The number of carbonyl (C=O) groups excluding carboxylic acids is 6. The van der Waals surface area contributed by atoms with Gasteiger partial charge in [0.1, 0.15) is 36.3 Å². The number of nitrogens with one attached hydrogen (secondary N) is 6. The summed E-state index contributed by atoms with van der Waals surface area (Å²) >= 11 is 0. The molecule has 1 saturated heterocycles. The Labute approximate surface area is 357 Å². The lowest BCUT2D eigenvalue weighted by molar-refractivity contribution is -0.142. The molecule has 3 rings (SSSR count). The molecule has 2 aromatic carbocycles. The van der Waals surface area contributed by atoms with Gasteiger partial charge in [-0.2, -0.15) is 0 Å². The van der Waals surface area contributed by atoms with E-state index < -0.39 is 83.7 Å². The van der Waals surface area contributed by atoms with Gasteiger partial charge in [0.05, 0.1) is 0 Å². The van der Waals surface area contributed by atoms with Gasteiger partial charge in [0.25, 0.3) is 0 Å². The first kappa shape index (κ1) is 49.2. The SMILES string of the molecule is CC[C@@H](C)C1NC(=O)[C@H](NC(=O)NC(CCCCN=C(N)N)C(=O)O)CCCCNC(=O)[C@H](Cc2ccccc2)NC(=O)[C@H](C)N(C)C(=O)[C@H](CCc2ccccc2)NC1=O. The van der Waals surface area contributed by atoms with E-state index in [-0.39, 0.29) is 44.7 Å². The zero-order chi connectivity index (χ0) is 44.9. The first-order chi connectivity index (χ1) is 29.1. The zero-order valence-corrected chi connectivity index (χ0v) is 35.7. The van der Waals surface area contributed by atoms with Crippen molar-refractivity contribution in [3.63, 3.8) is 0 Å². The van der Waals surface area contributed by atoms with Gasteiger partial charge in [0.15, 0.2) is 5.96 Å². The maximum Gasteiger partial charge on any atom is 0.326 e. The number of urea groups is 1. The van der Waals surface area contributed by atoms with Gasteiger partial charge in [-0.15, -0.1) is 0 Å². The Morgan fingerprint density at radius 2 is 1.51 bits per heavy atom. The van der Waals surface area contributed by atoms with Crippen molar-refractivity contribution in [1.82, 2.24) is 36.8 Å². The van der Waals surface area contributed by atoms with Crippen molar-refractivity contribution in [2.24, 2.45) is 22.4 Å². The minimum Gasteiger partial charge on any atom is -0.480 e. The molecule has 0 bridgehead atoms. The quantitative estimate of drug-likeness (QED) is 0.0699. The summed E-state index contributed by atoms with van der Waals surface area (Å²) in [4.78, 5) is 100. The van der Waals surface area contributed by atoms with Gasteiger partial charge in [0.2, 0.25) is 29.5 Å². The molecule has 1 aliphatic rings. The number of nitrogens with two attached hydrogens (primary N) is 2. The summed E-state index contributed by atoms with van der Waals surface area (Å²) in [5.41, 5.74) is 12.4. The fourth-order valence-corrected chi connectivity index (χ4v) is 6.76. The molecule has 1 aliphatic heterocycles. The Morgan fingerprint density at radius 1 is 0.869 bits per heavy atom. The molecule has 18 heteroatoms. The Morgan fingerprint density at radius 3 is 2.13 bits per heavy atom. The number of rotatable bonds is 15. The third-order valence-corrected chi connectivity index (χ3v) is 10.8. The Hall–Kier alpha value is -6.20. The van der Waals surface area contributed by atoms with Gasteiger partial charge >= 0.3 is 12.0 Å². The van der Waals surface area contributed by atoms with Gasteiger partial charge in [-0.05, 0) is 75.3 Å². The van der Waals surface area contributed by atoms with Crippen LogP contribution in [0.25, 0.3) is 0 Å². The minimum absolute atomic E-state index is 0.0604. The molecule has 7 amide bonds. The number of guanidine groups is 1. The summed E-state index contributed by atoms with van der Waals surface area (Å²) in [5, 5.41) is 26.2. The lowest BCUT2D eigenvalue weighted by Crippen LogP contribution is -2.60. The van der Waals surface area contributed by atoms with Crippen molar-refractivity contribution in [2.45, 2.75) is 121 Å². The molecule has 11 N–H and O–H groups in total. The van der Waals surface area contributed by atoms with Crippen molar-refractivity contribution in [2.75, 3.05) is 20.1 Å². The summed E-state index contributed by atoms with van der Waals surface area (Å²) < 4.78 is 0. The Bertz CT molecular complexity index is 1790. The summed E-state index contributed by atoms with van der Waals surface area (Å²) in [5.74, 6) is -4.69. The molecule has 0 aliphatic carbocycles. The van der Waals surface area contributed by atoms with Gasteiger partial charge < -0.3 is 53.4 Å². The molecule has 61 heavy (non-hydrogen) atoms. The number of hydrogen-bond acceptors (Lipinski definition) is 8. The van der Waals surface area contributed by atoms with E-state index in [9.17, 15) is 38.7 Å². The number of hydrogen-bond donors (Lipinski definition) is 9. The molecule has 334 valence electrons. The normalized spacial score (nSPS) is 22.1. The molecule has 0 radical (unpaired) electrons. The third kappa shape index (κ3) is 16.8. The van der Waals surface area contributed by atoms with Gasteiger partial charge in [0, 0.05) is 26.6 Å². The van der Waals surface area contributed by atoms with Crippen LogP contribution < -0.4 is 43.4 Å². The maximum absolute atomic E-state index is 14.2. The summed E-state index contributed by atoms with van der Waals surface area (Å²) in [7, 11) is 1.46. The summed E-state index contributed by atoms with van der Waals surface area (Å²) in [6.07, 6.45) is 2.87. The average Bonchev–Trinajstić information content (AvgIpc) is 3.24. The third-order valence-electron chi connectivity index (χ3n) is 10.8. The van der Waals surface area contributed by atoms with E-state index in [1.807, 2.05) is 67.6 Å². The first-order valence-electron chi connectivity index (χ1n) is 21.0. The number of nitrogens with zero attached hydrogens (tertiary/aromatic N) is 2. The predicted molar refractivity (Wildman–Crippen MR) is 231 cm³/mol. The molecular formula is C43H64N10O8. The first-order valence-corrected chi connectivity index (χ1v) is 21.0. The molecular weight excluding hydrogens is 785 g/mol. The number of carboxylic acids is 1. The van der Waals surface area contributed by atoms with Crippen LogP contribution in [0.3, 0.4) is 0 Å². The number of benzene rings is 2. The van der Waals surface area contributed by atoms with Crippen LogP contribution in [0.15, 0.2) is 65.7 Å². The van der Waals surface area contributed by atoms with Crippen LogP contribution in [0.5, 0.6) is 0 Å². The lowest BCUT2D eigenvalue weighted by atomic mass is 9.96. The molecule has 1 heterocycles. The predicted octanol–water partition coefficient (Wildman–Crippen LogP) is 1.07. The number of aryl methyl sites for hydroxylation is 1. The van der Waals surface area contributed by atoms with Crippen molar-refractivity contribution in [3.05, 3.63) is 71.8 Å². The van der Waals surface area contributed by atoms with E-state index in [0.29, 0.717) is 38.5 Å². The largest absolute Gasteiger partial charge is 0.480 e. The number of carboxylic acid groups (broad SMARTS) is 1. The van der Waals surface area contributed by atoms with E-state index in [1.165, 1.54) is 11.9 Å². The number of unbranched alkanes of at least 4 members (excludes halogenated alkanes) is 1. The fourth-order valence-electron chi connectivity index (χ4n) is 6.76. The van der Waals surface area contributed by atoms with Crippen LogP contribution in [0.4, 0.5) is 4.79 Å². The second-order valence-electron chi connectivity index (χ2n) is 15.5. The molecule has 0 spiro atoms. The number of aliphatic carboxylic acids is 1. The molecule has 7 atom stereocenters. The number of amides is 7. The second-order valence-corrected chi connectivity index (χ2v) is 15.5. The summed E-state index contributed by atoms with van der Waals surface area (Å²) in [6.45, 7) is 5.61. The van der Waals surface area contributed by atoms with Crippen LogP contribution >= 0.6 is 0 Å². The maximum atomic E-state index is 14.2. The van der Waals surface area contributed by atoms with Crippen molar-refractivity contribution in [1.29, 1.82) is 0 Å². The van der Waals surface area contributed by atoms with Crippen molar-refractivity contribution >= 4 is 47.5 Å². The minimum atomic E-state index is -1.28. The van der Waals surface area contributed by atoms with Crippen LogP contribution in [0.2, 0.25) is 0 Å². The smallest absolute Gasteiger partial charge is 0.326 e. The number of likely N-dealkylation sites (N-methyl/N-ethyl adjacent to an activating group) is 1. The highest BCUT2D eigenvalue weighted by Crippen LogP contribution is 2.15. The van der Waals surface area contributed by atoms with Crippen LogP contribution in [-0.2, 0) is 41.6 Å². The topological polar surface area (TPSA) is 280 Å². The van der Waals surface area contributed by atoms with Gasteiger partial charge in [-0.1, -0.05) is 80.9 Å². The lowest BCUT2D eigenvalue weighted by Gasteiger charge is -2.32. The zero-order valence-electron chi connectivity index (χ0n) is 35.7. The van der Waals surface area contributed by atoms with Crippen molar-refractivity contribution < 1.29 is 38.7 Å². The van der Waals surface area contributed by atoms with E-state index in [4.69, 9.17) is 11.5 Å². The molecule has 18 nitrogen and oxygen atoms in total. The van der Waals surface area contributed by atoms with E-state index >= 15 is 0 Å². The van der Waals surface area contributed by atoms with E-state index in [2.05, 4.69) is 36.9 Å². The molecule has 1 fully saturated rings. The average molecular weight is 849 g/mol. The Balaban J connectivity index is 1.95. The number of aliphatic imine (C=N–C) groups is 1. The molecule has 2 unspecified atom stereocenters. The highest BCUT2D eigenvalue weighted by Gasteiger charge is 2.36. The summed E-state index contributed by atoms with van der Waals surface area (Å²) in [6, 6.07) is 10.8. The van der Waals surface area contributed by atoms with E-state index in [1.54, 1.807) is 13.8 Å². The second kappa shape index (κ2) is 25.4. The van der Waals surface area contributed by atoms with Crippen molar-refractivity contribution in [3.8, 4) is 0 Å². The molecule has 0 saturated carbocycles. The van der Waals surface area contributed by atoms with Crippen LogP contribution in [-0.4, -0.2) is 114 Å². The fraction of sp³-hybridized carbons (Fsp3) is 0.535. The standard InChI is InChI=1S/C43H64N10O8/c1-5-27(2)35-39(57)48-32(23-22-29-16-8-6-9-17-29)40(58)53(4)28(3)36(54)49-34(26-30-18-10-7-11-19-30)37(55)46-24-14-12-20-31(38(56)52-35)50-43(61)51-33(41(59)60)21-13-15-25-47-42(44)45/h6-11,16-19,27-28,31-35H,5,12-15,20-26H2,1-4H3,(H,46,55)(H,48,57)(H,49,54)(H,52,56)(H,59,60)(H4,44,45,47)(H2,50,51,61)/t27-,28+,31-,32+,33?,34+,35?/m1/s1. The van der Waals surface area contributed by atoms with Crippen LogP contribution in [0.1, 0.15) is 83.3 Å². The van der Waals surface area contributed by atoms with Crippen LogP contribution in [0, 0.1) is 5.92 Å². The highest BCUT2D eigenvalue weighted by molar-refractivity contribution is 5.96. The molecule has 2 aromatic rings. The van der Waals surface area contributed by atoms with E-state index in [0.717, 1.165) is 11.1 Å². The van der Waals surface area contributed by atoms with Gasteiger partial charge in [-0.25, -0.2) is 9.59 Å². The highest BCUT2D eigenvalue weighted by atomic mass is 16.4. The number of carbonyl (C=O) groups is 7. The van der Waals surface area contributed by atoms with Gasteiger partial charge in [-0.3, -0.25) is 29.0 Å². The monoisotopic (exact) mass is 848 g/mol. The Kier molecular flexibility index (Phi) is 20.5. The molecule has 0 aromatic heterocycles.